The molecule has 0 radical (unpaired) electrons. The SMILES string of the molecule is Cc1cc(=O)n(CC(=O)Nc2cccc(F)c2)c(Nc2ccc(F)cc2)n1. The number of nitrogens with one attached hydrogen (secondary N) is 2. The molecule has 3 aromatic rings. The number of amides is 1. The van der Waals surface area contributed by atoms with Crippen LogP contribution < -0.4 is 16.2 Å². The summed E-state index contributed by atoms with van der Waals surface area (Å²) in [5, 5.41) is 5.43. The summed E-state index contributed by atoms with van der Waals surface area (Å²) in [4.78, 5) is 28.9. The molecule has 0 spiro atoms. The minimum absolute atomic E-state index is 0.140. The molecule has 1 aromatic heterocycles. The Morgan fingerprint density at radius 1 is 1.04 bits per heavy atom. The molecule has 138 valence electrons. The monoisotopic (exact) mass is 370 g/mol. The van der Waals surface area contributed by atoms with Gasteiger partial charge in [0.15, 0.2) is 0 Å². The van der Waals surface area contributed by atoms with Gasteiger partial charge in [-0.3, -0.25) is 14.2 Å². The van der Waals surface area contributed by atoms with E-state index in [1.807, 2.05) is 0 Å². The first kappa shape index (κ1) is 18.2. The third-order valence-corrected chi connectivity index (χ3v) is 3.65. The van der Waals surface area contributed by atoms with Crippen LogP contribution in [-0.2, 0) is 11.3 Å². The Kier molecular flexibility index (Phi) is 5.25. The molecule has 2 N–H and O–H groups in total. The lowest BCUT2D eigenvalue weighted by molar-refractivity contribution is -0.116. The van der Waals surface area contributed by atoms with Crippen LogP contribution in [-0.4, -0.2) is 15.5 Å². The highest BCUT2D eigenvalue weighted by molar-refractivity contribution is 5.90. The summed E-state index contributed by atoms with van der Waals surface area (Å²) in [6.45, 7) is 1.32. The van der Waals surface area contributed by atoms with Crippen LogP contribution in [0.15, 0.2) is 59.4 Å². The molecule has 0 saturated carbocycles. The molecule has 0 saturated heterocycles. The van der Waals surface area contributed by atoms with Gasteiger partial charge in [0.25, 0.3) is 5.56 Å². The van der Waals surface area contributed by atoms with Gasteiger partial charge in [-0.05, 0) is 49.4 Å². The van der Waals surface area contributed by atoms with Gasteiger partial charge in [0, 0.05) is 23.1 Å². The Labute approximate surface area is 153 Å². The number of benzene rings is 2. The van der Waals surface area contributed by atoms with Gasteiger partial charge in [0.2, 0.25) is 11.9 Å². The van der Waals surface area contributed by atoms with Crippen LogP contribution in [0, 0.1) is 18.6 Å². The van der Waals surface area contributed by atoms with Crippen LogP contribution in [0.1, 0.15) is 5.69 Å². The number of carbonyl (C=O) groups is 1. The maximum absolute atomic E-state index is 13.2. The van der Waals surface area contributed by atoms with Crippen LogP contribution in [0.2, 0.25) is 0 Å². The van der Waals surface area contributed by atoms with Gasteiger partial charge in [-0.1, -0.05) is 6.07 Å². The largest absolute Gasteiger partial charge is 0.326 e. The Hall–Kier alpha value is -3.55. The summed E-state index contributed by atoms with van der Waals surface area (Å²) in [6.07, 6.45) is 0. The van der Waals surface area contributed by atoms with Gasteiger partial charge in [-0.2, -0.15) is 0 Å². The fraction of sp³-hybridized carbons (Fsp3) is 0.105. The van der Waals surface area contributed by atoms with E-state index in [0.29, 0.717) is 11.4 Å². The summed E-state index contributed by atoms with van der Waals surface area (Å²) in [5.41, 5.74) is 0.822. The highest BCUT2D eigenvalue weighted by Gasteiger charge is 2.12. The van der Waals surface area contributed by atoms with E-state index in [-0.39, 0.29) is 18.2 Å². The van der Waals surface area contributed by atoms with Crippen molar-refractivity contribution in [1.29, 1.82) is 0 Å². The van der Waals surface area contributed by atoms with Crippen molar-refractivity contribution in [1.82, 2.24) is 9.55 Å². The highest BCUT2D eigenvalue weighted by Crippen LogP contribution is 2.15. The Morgan fingerprint density at radius 3 is 2.48 bits per heavy atom. The summed E-state index contributed by atoms with van der Waals surface area (Å²) < 4.78 is 27.4. The fourth-order valence-corrected chi connectivity index (χ4v) is 2.44. The van der Waals surface area contributed by atoms with E-state index in [2.05, 4.69) is 15.6 Å². The van der Waals surface area contributed by atoms with Gasteiger partial charge in [-0.25, -0.2) is 13.8 Å². The van der Waals surface area contributed by atoms with Crippen LogP contribution in [0.3, 0.4) is 0 Å². The van der Waals surface area contributed by atoms with Crippen molar-refractivity contribution in [3.05, 3.63) is 82.3 Å². The lowest BCUT2D eigenvalue weighted by Gasteiger charge is -2.14. The number of nitrogens with zero attached hydrogens (tertiary/aromatic N) is 2. The molecule has 0 fully saturated rings. The maximum Gasteiger partial charge on any atom is 0.255 e. The fourth-order valence-electron chi connectivity index (χ4n) is 2.44. The van der Waals surface area contributed by atoms with Crippen LogP contribution in [0.4, 0.5) is 26.1 Å². The molecule has 1 heterocycles. The summed E-state index contributed by atoms with van der Waals surface area (Å²) in [6, 6.07) is 12.2. The maximum atomic E-state index is 13.2. The van der Waals surface area contributed by atoms with Crippen molar-refractivity contribution in [2.75, 3.05) is 10.6 Å². The normalized spacial score (nSPS) is 10.5. The molecule has 0 unspecified atom stereocenters. The Morgan fingerprint density at radius 2 is 1.78 bits per heavy atom. The minimum Gasteiger partial charge on any atom is -0.326 e. The molecule has 0 atom stereocenters. The second kappa shape index (κ2) is 7.77. The molecule has 0 aliphatic heterocycles. The smallest absolute Gasteiger partial charge is 0.255 e. The van der Waals surface area contributed by atoms with Crippen LogP contribution >= 0.6 is 0 Å². The van der Waals surface area contributed by atoms with E-state index in [4.69, 9.17) is 0 Å². The molecule has 6 nitrogen and oxygen atoms in total. The number of hydrogen-bond donors (Lipinski definition) is 2. The van der Waals surface area contributed by atoms with Gasteiger partial charge in [0.1, 0.15) is 18.2 Å². The number of halogens is 2. The third-order valence-electron chi connectivity index (χ3n) is 3.65. The summed E-state index contributed by atoms with van der Waals surface area (Å²) >= 11 is 0. The van der Waals surface area contributed by atoms with Crippen LogP contribution in [0.5, 0.6) is 0 Å². The third kappa shape index (κ3) is 4.75. The molecular formula is C19H16F2N4O2. The Balaban J connectivity index is 1.84. The van der Waals surface area contributed by atoms with Crippen molar-refractivity contribution in [3.8, 4) is 0 Å². The van der Waals surface area contributed by atoms with Crippen molar-refractivity contribution in [2.45, 2.75) is 13.5 Å². The van der Waals surface area contributed by atoms with E-state index in [1.54, 1.807) is 6.92 Å². The van der Waals surface area contributed by atoms with Gasteiger partial charge in [-0.15, -0.1) is 0 Å². The van der Waals surface area contributed by atoms with E-state index in [0.717, 1.165) is 4.57 Å². The van der Waals surface area contributed by atoms with Gasteiger partial charge >= 0.3 is 0 Å². The average Bonchev–Trinajstić information content (AvgIpc) is 2.60. The second-order valence-corrected chi connectivity index (χ2v) is 5.84. The molecule has 0 bridgehead atoms. The minimum atomic E-state index is -0.518. The zero-order chi connectivity index (χ0) is 19.4. The van der Waals surface area contributed by atoms with E-state index >= 15 is 0 Å². The number of carbonyl (C=O) groups excluding carboxylic acids is 1. The average molecular weight is 370 g/mol. The molecule has 1 amide bonds. The zero-order valence-electron chi connectivity index (χ0n) is 14.4. The lowest BCUT2D eigenvalue weighted by atomic mass is 10.3. The van der Waals surface area contributed by atoms with Crippen molar-refractivity contribution in [2.24, 2.45) is 0 Å². The van der Waals surface area contributed by atoms with Crippen molar-refractivity contribution < 1.29 is 13.6 Å². The number of aryl methyl sites for hydroxylation is 1. The zero-order valence-corrected chi connectivity index (χ0v) is 14.4. The predicted molar refractivity (Wildman–Crippen MR) is 97.9 cm³/mol. The molecule has 0 aliphatic carbocycles. The van der Waals surface area contributed by atoms with Crippen molar-refractivity contribution >= 4 is 23.2 Å². The molecule has 8 heteroatoms. The molecule has 27 heavy (non-hydrogen) atoms. The first-order chi connectivity index (χ1) is 12.9. The van der Waals surface area contributed by atoms with Gasteiger partial charge < -0.3 is 10.6 Å². The number of rotatable bonds is 5. The van der Waals surface area contributed by atoms with E-state index in [1.165, 1.54) is 54.6 Å². The first-order valence-electron chi connectivity index (χ1n) is 8.07. The highest BCUT2D eigenvalue weighted by atomic mass is 19.1. The lowest BCUT2D eigenvalue weighted by Crippen LogP contribution is -2.30. The Bertz CT molecular complexity index is 1030. The van der Waals surface area contributed by atoms with Crippen molar-refractivity contribution in [3.63, 3.8) is 0 Å². The molecular weight excluding hydrogens is 354 g/mol. The first-order valence-corrected chi connectivity index (χ1v) is 8.07. The molecule has 3 rings (SSSR count). The van der Waals surface area contributed by atoms with E-state index in [9.17, 15) is 18.4 Å². The number of anilines is 3. The topological polar surface area (TPSA) is 76.0 Å². The summed E-state index contributed by atoms with van der Waals surface area (Å²) in [7, 11) is 0. The molecule has 2 aromatic carbocycles. The second-order valence-electron chi connectivity index (χ2n) is 5.84. The van der Waals surface area contributed by atoms with E-state index < -0.39 is 23.1 Å². The standard InChI is InChI=1S/C19H16F2N4O2/c1-12-9-18(27)25(11-17(26)23-16-4-2-3-14(21)10-16)19(22-12)24-15-7-5-13(20)6-8-15/h2-10H,11H2,1H3,(H,22,24)(H,23,26). The van der Waals surface area contributed by atoms with Crippen LogP contribution in [0.25, 0.3) is 0 Å². The quantitative estimate of drug-likeness (QED) is 0.723. The summed E-state index contributed by atoms with van der Waals surface area (Å²) in [5.74, 6) is -1.26. The number of aromatic nitrogens is 2. The predicted octanol–water partition coefficient (Wildman–Crippen LogP) is 3.21. The van der Waals surface area contributed by atoms with Gasteiger partial charge in [0.05, 0.1) is 0 Å². The molecule has 0 aliphatic rings. The number of hydrogen-bond acceptors (Lipinski definition) is 4.